The van der Waals surface area contributed by atoms with E-state index >= 15 is 0 Å². The van der Waals surface area contributed by atoms with Crippen LogP contribution in [0.3, 0.4) is 0 Å². The van der Waals surface area contributed by atoms with Crippen LogP contribution in [0.1, 0.15) is 13.8 Å². The van der Waals surface area contributed by atoms with Gasteiger partial charge in [0, 0.05) is 16.6 Å². The zero-order valence-electron chi connectivity index (χ0n) is 9.71. The van der Waals surface area contributed by atoms with Crippen LogP contribution in [0.2, 0.25) is 0 Å². The van der Waals surface area contributed by atoms with Crippen LogP contribution in [0.4, 0.5) is 5.69 Å². The molecule has 0 unspecified atom stereocenters. The number of nitrogens with two attached hydrogens (primary N) is 1. The van der Waals surface area contributed by atoms with Crippen LogP contribution in [-0.4, -0.2) is 11.1 Å². The molecule has 1 heterocycles. The third-order valence-corrected chi connectivity index (χ3v) is 2.74. The second kappa shape index (κ2) is 5.14. The van der Waals surface area contributed by atoms with Gasteiger partial charge in [-0.25, -0.2) is 4.98 Å². The lowest BCUT2D eigenvalue weighted by atomic mass is 10.3. The van der Waals surface area contributed by atoms with Crippen molar-refractivity contribution in [2.75, 3.05) is 5.73 Å². The average Bonchev–Trinajstić information content (AvgIpc) is 2.67. The van der Waals surface area contributed by atoms with Gasteiger partial charge in [0.25, 0.3) is 5.22 Å². The largest absolute Gasteiger partial charge is 0.491 e. The van der Waals surface area contributed by atoms with Crippen LogP contribution in [0.25, 0.3) is 0 Å². The molecule has 0 radical (unpaired) electrons. The van der Waals surface area contributed by atoms with Gasteiger partial charge < -0.3 is 14.9 Å². The van der Waals surface area contributed by atoms with Gasteiger partial charge >= 0.3 is 0 Å². The second-order valence-electron chi connectivity index (χ2n) is 3.80. The molecule has 0 amide bonds. The molecule has 1 aromatic heterocycles. The van der Waals surface area contributed by atoms with Gasteiger partial charge in [-0.2, -0.15) is 0 Å². The summed E-state index contributed by atoms with van der Waals surface area (Å²) in [5.74, 6) is 0.758. The number of hydrogen-bond acceptors (Lipinski definition) is 5. The highest BCUT2D eigenvalue weighted by Gasteiger charge is 2.06. The molecule has 0 fully saturated rings. The number of anilines is 1. The SMILES string of the molecule is CC(C)Oc1cc(N)cc(Sc2ncco2)c1. The van der Waals surface area contributed by atoms with Crippen molar-refractivity contribution in [1.82, 2.24) is 4.98 Å². The van der Waals surface area contributed by atoms with Crippen molar-refractivity contribution in [3.8, 4) is 5.75 Å². The Kier molecular flexibility index (Phi) is 3.58. The van der Waals surface area contributed by atoms with E-state index in [1.165, 1.54) is 11.8 Å². The van der Waals surface area contributed by atoms with Crippen molar-refractivity contribution in [3.05, 3.63) is 30.7 Å². The Morgan fingerprint density at radius 2 is 2.18 bits per heavy atom. The fraction of sp³-hybridized carbons (Fsp3) is 0.250. The number of benzene rings is 1. The molecule has 0 atom stereocenters. The van der Waals surface area contributed by atoms with E-state index in [1.807, 2.05) is 26.0 Å². The van der Waals surface area contributed by atoms with Crippen molar-refractivity contribution in [2.24, 2.45) is 0 Å². The van der Waals surface area contributed by atoms with Gasteiger partial charge in [-0.15, -0.1) is 0 Å². The summed E-state index contributed by atoms with van der Waals surface area (Å²) < 4.78 is 10.8. The molecule has 0 bridgehead atoms. The number of hydrogen-bond donors (Lipinski definition) is 1. The molecule has 17 heavy (non-hydrogen) atoms. The summed E-state index contributed by atoms with van der Waals surface area (Å²) in [5, 5.41) is 0.589. The van der Waals surface area contributed by atoms with Crippen LogP contribution in [0, 0.1) is 0 Å². The van der Waals surface area contributed by atoms with E-state index in [1.54, 1.807) is 18.5 Å². The molecule has 0 saturated heterocycles. The van der Waals surface area contributed by atoms with Gasteiger partial charge in [0.2, 0.25) is 0 Å². The Balaban J connectivity index is 2.19. The molecule has 2 rings (SSSR count). The average molecular weight is 250 g/mol. The summed E-state index contributed by atoms with van der Waals surface area (Å²) in [5.41, 5.74) is 6.48. The molecular formula is C12H14N2O2S. The topological polar surface area (TPSA) is 61.3 Å². The number of nitrogens with zero attached hydrogens (tertiary/aromatic N) is 1. The minimum absolute atomic E-state index is 0.122. The van der Waals surface area contributed by atoms with Gasteiger partial charge in [0.1, 0.15) is 12.0 Å². The second-order valence-corrected chi connectivity index (χ2v) is 4.83. The summed E-state index contributed by atoms with van der Waals surface area (Å²) in [6, 6.07) is 5.59. The van der Waals surface area contributed by atoms with Crippen LogP contribution in [-0.2, 0) is 0 Å². The Hall–Kier alpha value is -1.62. The molecular weight excluding hydrogens is 236 g/mol. The number of oxazole rings is 1. The first-order chi connectivity index (χ1) is 8.13. The van der Waals surface area contributed by atoms with Crippen molar-refractivity contribution >= 4 is 17.4 Å². The molecule has 90 valence electrons. The smallest absolute Gasteiger partial charge is 0.260 e. The lowest BCUT2D eigenvalue weighted by molar-refractivity contribution is 0.242. The summed E-state index contributed by atoms with van der Waals surface area (Å²) in [6.07, 6.45) is 3.27. The van der Waals surface area contributed by atoms with Gasteiger partial charge in [-0.1, -0.05) is 0 Å². The molecule has 2 aromatic rings. The molecule has 0 aliphatic rings. The standard InChI is InChI=1S/C12H14N2O2S/c1-8(2)16-10-5-9(13)6-11(7-10)17-12-14-3-4-15-12/h3-8H,13H2,1-2H3. The molecule has 1 aromatic carbocycles. The van der Waals surface area contributed by atoms with Crippen molar-refractivity contribution in [2.45, 2.75) is 30.1 Å². The lowest BCUT2D eigenvalue weighted by Crippen LogP contribution is -2.05. The third kappa shape index (κ3) is 3.42. The first kappa shape index (κ1) is 11.9. The number of rotatable bonds is 4. The van der Waals surface area contributed by atoms with Gasteiger partial charge in [-0.3, -0.25) is 0 Å². The normalized spacial score (nSPS) is 10.8. The third-order valence-electron chi connectivity index (χ3n) is 1.89. The van der Waals surface area contributed by atoms with E-state index in [2.05, 4.69) is 4.98 Å². The fourth-order valence-electron chi connectivity index (χ4n) is 1.35. The molecule has 0 spiro atoms. The fourth-order valence-corrected chi connectivity index (χ4v) is 2.14. The zero-order valence-corrected chi connectivity index (χ0v) is 10.5. The Morgan fingerprint density at radius 1 is 1.35 bits per heavy atom. The zero-order chi connectivity index (χ0) is 12.3. The predicted octanol–water partition coefficient (Wildman–Crippen LogP) is 3.20. The maximum atomic E-state index is 5.82. The first-order valence-electron chi connectivity index (χ1n) is 5.28. The van der Waals surface area contributed by atoms with Crippen molar-refractivity contribution in [1.29, 1.82) is 0 Å². The highest BCUT2D eigenvalue weighted by molar-refractivity contribution is 7.99. The van der Waals surface area contributed by atoms with E-state index in [0.717, 1.165) is 10.6 Å². The maximum Gasteiger partial charge on any atom is 0.260 e. The molecule has 0 aliphatic heterocycles. The van der Waals surface area contributed by atoms with Crippen LogP contribution >= 0.6 is 11.8 Å². The summed E-state index contributed by atoms with van der Waals surface area (Å²) in [7, 11) is 0. The maximum absolute atomic E-state index is 5.82. The molecule has 5 heteroatoms. The van der Waals surface area contributed by atoms with Crippen LogP contribution < -0.4 is 10.5 Å². The van der Waals surface area contributed by atoms with E-state index in [-0.39, 0.29) is 6.10 Å². The highest BCUT2D eigenvalue weighted by Crippen LogP contribution is 2.31. The van der Waals surface area contributed by atoms with Crippen molar-refractivity contribution < 1.29 is 9.15 Å². The summed E-state index contributed by atoms with van der Waals surface area (Å²) in [6.45, 7) is 3.95. The predicted molar refractivity (Wildman–Crippen MR) is 67.2 cm³/mol. The van der Waals surface area contributed by atoms with E-state index in [4.69, 9.17) is 14.9 Å². The van der Waals surface area contributed by atoms with E-state index in [9.17, 15) is 0 Å². The minimum atomic E-state index is 0.122. The molecule has 4 nitrogen and oxygen atoms in total. The summed E-state index contributed by atoms with van der Waals surface area (Å²) in [4.78, 5) is 4.99. The number of aromatic nitrogens is 1. The molecule has 2 N–H and O–H groups in total. The van der Waals surface area contributed by atoms with Crippen molar-refractivity contribution in [3.63, 3.8) is 0 Å². The highest BCUT2D eigenvalue weighted by atomic mass is 32.2. The van der Waals surface area contributed by atoms with Crippen LogP contribution in [0.15, 0.2) is 45.2 Å². The van der Waals surface area contributed by atoms with E-state index in [0.29, 0.717) is 10.9 Å². The van der Waals surface area contributed by atoms with Crippen LogP contribution in [0.5, 0.6) is 5.75 Å². The number of nitrogen functional groups attached to an aromatic ring is 1. The Morgan fingerprint density at radius 3 is 2.82 bits per heavy atom. The quantitative estimate of drug-likeness (QED) is 0.844. The first-order valence-corrected chi connectivity index (χ1v) is 6.09. The Labute approximate surface area is 104 Å². The number of ether oxygens (including phenoxy) is 1. The van der Waals surface area contributed by atoms with Gasteiger partial charge in [0.15, 0.2) is 0 Å². The monoisotopic (exact) mass is 250 g/mol. The van der Waals surface area contributed by atoms with E-state index < -0.39 is 0 Å². The summed E-state index contributed by atoms with van der Waals surface area (Å²) >= 11 is 1.41. The molecule has 0 aliphatic carbocycles. The molecule has 0 saturated carbocycles. The minimum Gasteiger partial charge on any atom is -0.491 e. The Bertz CT molecular complexity index is 483. The lowest BCUT2D eigenvalue weighted by Gasteiger charge is -2.11. The van der Waals surface area contributed by atoms with Gasteiger partial charge in [-0.05, 0) is 37.7 Å². The van der Waals surface area contributed by atoms with Gasteiger partial charge in [0.05, 0.1) is 12.3 Å².